The molecule has 0 unspecified atom stereocenters. The third kappa shape index (κ3) is 3.94. The van der Waals surface area contributed by atoms with Crippen molar-refractivity contribution in [1.82, 2.24) is 4.98 Å². The van der Waals surface area contributed by atoms with Crippen molar-refractivity contribution in [2.45, 2.75) is 12.8 Å². The van der Waals surface area contributed by atoms with Crippen molar-refractivity contribution in [3.8, 4) is 0 Å². The summed E-state index contributed by atoms with van der Waals surface area (Å²) in [5.41, 5.74) is 1.53. The Hall–Kier alpha value is -1.58. The Morgan fingerprint density at radius 2 is 1.74 bits per heavy atom. The molecule has 0 radical (unpaired) electrons. The maximum Gasteiger partial charge on any atom is 0.224 e. The fourth-order valence-corrected chi connectivity index (χ4v) is 2.12. The highest BCUT2D eigenvalue weighted by Gasteiger charge is 2.09. The smallest absolute Gasteiger partial charge is 0.224 e. The molecule has 2 aromatic rings. The first-order chi connectivity index (χ1) is 9.16. The Bertz CT molecular complexity index is 553. The Morgan fingerprint density at radius 1 is 1.11 bits per heavy atom. The van der Waals surface area contributed by atoms with Crippen molar-refractivity contribution in [2.24, 2.45) is 0 Å². The lowest BCUT2D eigenvalue weighted by atomic mass is 10.1. The van der Waals surface area contributed by atoms with E-state index < -0.39 is 0 Å². The van der Waals surface area contributed by atoms with Crippen LogP contribution in [0.1, 0.15) is 12.0 Å². The summed E-state index contributed by atoms with van der Waals surface area (Å²) in [7, 11) is 0. The lowest BCUT2D eigenvalue weighted by molar-refractivity contribution is -0.116. The van der Waals surface area contributed by atoms with E-state index in [4.69, 9.17) is 23.2 Å². The quantitative estimate of drug-likeness (QED) is 0.927. The average molecular weight is 295 g/mol. The Balaban J connectivity index is 1.95. The monoisotopic (exact) mass is 294 g/mol. The second kappa shape index (κ2) is 6.55. The van der Waals surface area contributed by atoms with E-state index >= 15 is 0 Å². The van der Waals surface area contributed by atoms with Gasteiger partial charge in [-0.25, -0.2) is 0 Å². The van der Waals surface area contributed by atoms with E-state index in [0.717, 1.165) is 5.56 Å². The highest BCUT2D eigenvalue weighted by atomic mass is 35.5. The minimum atomic E-state index is -0.119. The first kappa shape index (κ1) is 13.8. The molecule has 0 aliphatic rings. The molecule has 98 valence electrons. The molecule has 1 N–H and O–H groups in total. The van der Waals surface area contributed by atoms with Crippen LogP contribution in [0.4, 0.5) is 5.69 Å². The molecule has 0 spiro atoms. The topological polar surface area (TPSA) is 42.0 Å². The number of rotatable bonds is 4. The number of benzene rings is 1. The summed E-state index contributed by atoms with van der Waals surface area (Å²) >= 11 is 12.0. The van der Waals surface area contributed by atoms with Gasteiger partial charge in [-0.2, -0.15) is 0 Å². The fraction of sp³-hybridized carbons (Fsp3) is 0.143. The molecular weight excluding hydrogens is 283 g/mol. The molecule has 0 saturated carbocycles. The normalized spacial score (nSPS) is 10.2. The Labute approximate surface area is 121 Å². The Kier molecular flexibility index (Phi) is 4.77. The molecule has 1 heterocycles. The molecule has 1 amide bonds. The summed E-state index contributed by atoms with van der Waals surface area (Å²) in [4.78, 5) is 15.8. The number of para-hydroxylation sites is 1. The van der Waals surface area contributed by atoms with Gasteiger partial charge < -0.3 is 5.32 Å². The molecule has 0 fully saturated rings. The minimum Gasteiger partial charge on any atom is -0.324 e. The van der Waals surface area contributed by atoms with E-state index in [9.17, 15) is 4.79 Å². The number of aromatic nitrogens is 1. The molecule has 2 rings (SSSR count). The number of hydrogen-bond donors (Lipinski definition) is 1. The van der Waals surface area contributed by atoms with Crippen LogP contribution >= 0.6 is 23.2 Å². The summed E-state index contributed by atoms with van der Waals surface area (Å²) in [6.07, 6.45) is 4.43. The van der Waals surface area contributed by atoms with Crippen molar-refractivity contribution in [2.75, 3.05) is 5.32 Å². The second-order valence-electron chi connectivity index (χ2n) is 4.00. The number of nitrogens with zero attached hydrogens (tertiary/aromatic N) is 1. The first-order valence-electron chi connectivity index (χ1n) is 5.79. The number of aryl methyl sites for hydroxylation is 1. The predicted octanol–water partition coefficient (Wildman–Crippen LogP) is 3.96. The number of hydrogen-bond acceptors (Lipinski definition) is 2. The van der Waals surface area contributed by atoms with Crippen LogP contribution in [-0.4, -0.2) is 10.9 Å². The molecule has 3 nitrogen and oxygen atoms in total. The van der Waals surface area contributed by atoms with Crippen molar-refractivity contribution in [1.29, 1.82) is 0 Å². The van der Waals surface area contributed by atoms with E-state index in [-0.39, 0.29) is 5.91 Å². The number of nitrogens with one attached hydrogen (secondary N) is 1. The zero-order valence-corrected chi connectivity index (χ0v) is 11.6. The number of carbonyl (C=O) groups excluding carboxylic acids is 1. The van der Waals surface area contributed by atoms with Crippen LogP contribution in [0.3, 0.4) is 0 Å². The van der Waals surface area contributed by atoms with Crippen LogP contribution in [0.15, 0.2) is 42.7 Å². The maximum absolute atomic E-state index is 11.8. The molecule has 1 aromatic heterocycles. The van der Waals surface area contributed by atoms with Gasteiger partial charge in [0, 0.05) is 18.8 Å². The fourth-order valence-electron chi connectivity index (χ4n) is 1.63. The molecule has 0 aliphatic carbocycles. The van der Waals surface area contributed by atoms with Gasteiger partial charge in [-0.15, -0.1) is 0 Å². The van der Waals surface area contributed by atoms with Gasteiger partial charge in [-0.1, -0.05) is 29.3 Å². The van der Waals surface area contributed by atoms with Crippen LogP contribution < -0.4 is 5.32 Å². The van der Waals surface area contributed by atoms with Crippen molar-refractivity contribution in [3.05, 3.63) is 58.3 Å². The van der Waals surface area contributed by atoms with E-state index in [1.807, 2.05) is 12.1 Å². The molecular formula is C14H12Cl2N2O. The average Bonchev–Trinajstić information content (AvgIpc) is 2.42. The van der Waals surface area contributed by atoms with Gasteiger partial charge in [-0.05, 0) is 36.2 Å². The van der Waals surface area contributed by atoms with E-state index in [1.165, 1.54) is 0 Å². The third-order valence-corrected chi connectivity index (χ3v) is 3.25. The van der Waals surface area contributed by atoms with Crippen LogP contribution in [0.25, 0.3) is 0 Å². The number of anilines is 1. The highest BCUT2D eigenvalue weighted by molar-refractivity contribution is 6.39. The van der Waals surface area contributed by atoms with Gasteiger partial charge in [0.15, 0.2) is 0 Å². The van der Waals surface area contributed by atoms with Gasteiger partial charge in [-0.3, -0.25) is 9.78 Å². The van der Waals surface area contributed by atoms with Crippen LogP contribution in [0.5, 0.6) is 0 Å². The van der Waals surface area contributed by atoms with Gasteiger partial charge in [0.1, 0.15) is 0 Å². The summed E-state index contributed by atoms with van der Waals surface area (Å²) < 4.78 is 0. The van der Waals surface area contributed by atoms with Crippen LogP contribution in [-0.2, 0) is 11.2 Å². The molecule has 0 bridgehead atoms. The van der Waals surface area contributed by atoms with E-state index in [0.29, 0.717) is 28.6 Å². The summed E-state index contributed by atoms with van der Waals surface area (Å²) in [5, 5.41) is 3.60. The zero-order chi connectivity index (χ0) is 13.7. The molecule has 5 heteroatoms. The summed E-state index contributed by atoms with van der Waals surface area (Å²) in [6.45, 7) is 0. The minimum absolute atomic E-state index is 0.119. The third-order valence-electron chi connectivity index (χ3n) is 2.62. The van der Waals surface area contributed by atoms with Gasteiger partial charge in [0.05, 0.1) is 15.7 Å². The van der Waals surface area contributed by atoms with Gasteiger partial charge in [0.25, 0.3) is 0 Å². The lowest BCUT2D eigenvalue weighted by Gasteiger charge is -2.09. The molecule has 1 aromatic carbocycles. The predicted molar refractivity (Wildman–Crippen MR) is 77.6 cm³/mol. The molecule has 19 heavy (non-hydrogen) atoms. The molecule has 0 aliphatic heterocycles. The number of amides is 1. The Morgan fingerprint density at radius 3 is 2.37 bits per heavy atom. The summed E-state index contributed by atoms with van der Waals surface area (Å²) in [6, 6.07) is 8.88. The largest absolute Gasteiger partial charge is 0.324 e. The van der Waals surface area contributed by atoms with Crippen LogP contribution in [0.2, 0.25) is 10.0 Å². The van der Waals surface area contributed by atoms with Crippen molar-refractivity contribution >= 4 is 34.8 Å². The lowest BCUT2D eigenvalue weighted by Crippen LogP contribution is -2.13. The first-order valence-corrected chi connectivity index (χ1v) is 6.55. The standard InChI is InChI=1S/C14H12Cl2N2O/c15-11-2-1-3-12(16)14(11)18-13(19)5-4-10-6-8-17-9-7-10/h1-3,6-9H,4-5H2,(H,18,19). The van der Waals surface area contributed by atoms with E-state index in [1.54, 1.807) is 30.6 Å². The number of pyridine rings is 1. The maximum atomic E-state index is 11.8. The SMILES string of the molecule is O=C(CCc1ccncc1)Nc1c(Cl)cccc1Cl. The highest BCUT2D eigenvalue weighted by Crippen LogP contribution is 2.29. The summed E-state index contributed by atoms with van der Waals surface area (Å²) in [5.74, 6) is -0.119. The van der Waals surface area contributed by atoms with Crippen molar-refractivity contribution in [3.63, 3.8) is 0 Å². The zero-order valence-electron chi connectivity index (χ0n) is 10.1. The van der Waals surface area contributed by atoms with Gasteiger partial charge >= 0.3 is 0 Å². The van der Waals surface area contributed by atoms with Crippen molar-refractivity contribution < 1.29 is 4.79 Å². The van der Waals surface area contributed by atoms with E-state index in [2.05, 4.69) is 10.3 Å². The molecule has 0 atom stereocenters. The van der Waals surface area contributed by atoms with Crippen LogP contribution in [0, 0.1) is 0 Å². The number of halogens is 2. The number of carbonyl (C=O) groups is 1. The van der Waals surface area contributed by atoms with Gasteiger partial charge in [0.2, 0.25) is 5.91 Å². The molecule has 0 saturated heterocycles. The second-order valence-corrected chi connectivity index (χ2v) is 4.81.